The first kappa shape index (κ1) is 14.0. The first-order valence-electron chi connectivity index (χ1n) is 5.92. The van der Waals surface area contributed by atoms with Crippen LogP contribution in [0.5, 0.6) is 5.75 Å². The molecule has 1 unspecified atom stereocenters. The molecule has 0 aliphatic rings. The Kier molecular flexibility index (Phi) is 4.54. The molecular formula is C14H23NO2. The number of nitrogens with two attached hydrogens (primary N) is 1. The summed E-state index contributed by atoms with van der Waals surface area (Å²) in [6, 6.07) is 5.42. The van der Waals surface area contributed by atoms with Gasteiger partial charge in [-0.15, -0.1) is 0 Å². The fourth-order valence-electron chi connectivity index (χ4n) is 1.70. The van der Waals surface area contributed by atoms with E-state index in [0.29, 0.717) is 6.61 Å². The number of ether oxygens (including phenoxy) is 1. The third-order valence-electron chi connectivity index (χ3n) is 2.95. The van der Waals surface area contributed by atoms with Crippen molar-refractivity contribution in [1.29, 1.82) is 0 Å². The molecule has 3 N–H and O–H groups in total. The largest absolute Gasteiger partial charge is 0.508 e. The molecule has 1 aromatic rings. The highest BCUT2D eigenvalue weighted by molar-refractivity contribution is 5.39. The maximum absolute atomic E-state index is 9.88. The number of rotatable bonds is 4. The van der Waals surface area contributed by atoms with Gasteiger partial charge in [-0.3, -0.25) is 0 Å². The second kappa shape index (κ2) is 5.52. The number of benzene rings is 1. The van der Waals surface area contributed by atoms with Gasteiger partial charge in [0.2, 0.25) is 0 Å². The zero-order valence-corrected chi connectivity index (χ0v) is 11.2. The van der Waals surface area contributed by atoms with Crippen molar-refractivity contribution in [2.75, 3.05) is 13.7 Å². The van der Waals surface area contributed by atoms with Gasteiger partial charge in [0.15, 0.2) is 0 Å². The maximum atomic E-state index is 9.88. The van der Waals surface area contributed by atoms with Crippen LogP contribution in [-0.4, -0.2) is 18.8 Å². The van der Waals surface area contributed by atoms with E-state index < -0.39 is 0 Å². The zero-order chi connectivity index (χ0) is 13.1. The normalized spacial score (nSPS) is 13.7. The molecule has 0 heterocycles. The molecular weight excluding hydrogens is 214 g/mol. The molecule has 3 heteroatoms. The summed E-state index contributed by atoms with van der Waals surface area (Å²) in [5.74, 6) is 0.272. The molecule has 1 rings (SSSR count). The van der Waals surface area contributed by atoms with Gasteiger partial charge in [0.05, 0.1) is 6.61 Å². The molecule has 0 aliphatic carbocycles. The van der Waals surface area contributed by atoms with Crippen LogP contribution in [0.2, 0.25) is 0 Å². The summed E-state index contributed by atoms with van der Waals surface area (Å²) in [5, 5.41) is 9.88. The standard InChI is InChI=1S/C14H23NO2/c1-14(2,3)13(15)11-9-10(7-8-17-4)5-6-12(11)16/h5-6,9,13,16H,7-8,15H2,1-4H3. The van der Waals surface area contributed by atoms with Crippen LogP contribution in [-0.2, 0) is 11.2 Å². The van der Waals surface area contributed by atoms with Gasteiger partial charge in [-0.1, -0.05) is 32.9 Å². The molecule has 0 saturated heterocycles. The van der Waals surface area contributed by atoms with Gasteiger partial charge in [-0.2, -0.15) is 0 Å². The topological polar surface area (TPSA) is 55.5 Å². The Balaban J connectivity index is 2.98. The Morgan fingerprint density at radius 1 is 1.35 bits per heavy atom. The number of aromatic hydroxyl groups is 1. The quantitative estimate of drug-likeness (QED) is 0.846. The fourth-order valence-corrected chi connectivity index (χ4v) is 1.70. The van der Waals surface area contributed by atoms with Crippen molar-refractivity contribution in [2.45, 2.75) is 33.2 Å². The molecule has 0 amide bonds. The van der Waals surface area contributed by atoms with E-state index in [4.69, 9.17) is 10.5 Å². The molecule has 96 valence electrons. The number of phenolic OH excluding ortho intramolecular Hbond substituents is 1. The Hall–Kier alpha value is -1.06. The predicted octanol–water partition coefficient (Wildman–Crippen LogP) is 2.63. The SMILES string of the molecule is COCCc1ccc(O)c(C(N)C(C)(C)C)c1. The molecule has 0 spiro atoms. The van der Waals surface area contributed by atoms with Crippen LogP contribution >= 0.6 is 0 Å². The van der Waals surface area contributed by atoms with E-state index >= 15 is 0 Å². The maximum Gasteiger partial charge on any atom is 0.120 e. The van der Waals surface area contributed by atoms with E-state index in [2.05, 4.69) is 20.8 Å². The van der Waals surface area contributed by atoms with Crippen LogP contribution in [0.15, 0.2) is 18.2 Å². The van der Waals surface area contributed by atoms with Crippen molar-refractivity contribution < 1.29 is 9.84 Å². The molecule has 0 aromatic heterocycles. The third-order valence-corrected chi connectivity index (χ3v) is 2.95. The summed E-state index contributed by atoms with van der Waals surface area (Å²) < 4.78 is 5.05. The highest BCUT2D eigenvalue weighted by atomic mass is 16.5. The lowest BCUT2D eigenvalue weighted by Crippen LogP contribution is -2.26. The molecule has 3 nitrogen and oxygen atoms in total. The van der Waals surface area contributed by atoms with E-state index in [-0.39, 0.29) is 17.2 Å². The van der Waals surface area contributed by atoms with Crippen LogP contribution in [0, 0.1) is 5.41 Å². The zero-order valence-electron chi connectivity index (χ0n) is 11.2. The minimum atomic E-state index is -0.176. The lowest BCUT2D eigenvalue weighted by Gasteiger charge is -2.28. The Morgan fingerprint density at radius 3 is 2.53 bits per heavy atom. The Morgan fingerprint density at radius 2 is 2.00 bits per heavy atom. The molecule has 17 heavy (non-hydrogen) atoms. The van der Waals surface area contributed by atoms with Crippen molar-refractivity contribution in [1.82, 2.24) is 0 Å². The lowest BCUT2D eigenvalue weighted by atomic mass is 9.82. The predicted molar refractivity (Wildman–Crippen MR) is 70.1 cm³/mol. The Bertz CT molecular complexity index is 369. The van der Waals surface area contributed by atoms with Gasteiger partial charge < -0.3 is 15.6 Å². The van der Waals surface area contributed by atoms with Crippen LogP contribution in [0.3, 0.4) is 0 Å². The third kappa shape index (κ3) is 3.72. The van der Waals surface area contributed by atoms with Gasteiger partial charge >= 0.3 is 0 Å². The molecule has 1 aromatic carbocycles. The van der Waals surface area contributed by atoms with Crippen molar-refractivity contribution in [2.24, 2.45) is 11.1 Å². The summed E-state index contributed by atoms with van der Waals surface area (Å²) in [5.41, 5.74) is 8.06. The second-order valence-corrected chi connectivity index (χ2v) is 5.48. The van der Waals surface area contributed by atoms with Crippen LogP contribution in [0.1, 0.15) is 37.9 Å². The van der Waals surface area contributed by atoms with Crippen molar-refractivity contribution in [3.8, 4) is 5.75 Å². The smallest absolute Gasteiger partial charge is 0.120 e. The first-order valence-corrected chi connectivity index (χ1v) is 5.92. The monoisotopic (exact) mass is 237 g/mol. The van der Waals surface area contributed by atoms with Gasteiger partial charge in [-0.25, -0.2) is 0 Å². The van der Waals surface area contributed by atoms with E-state index in [1.54, 1.807) is 13.2 Å². The average Bonchev–Trinajstić information content (AvgIpc) is 2.26. The average molecular weight is 237 g/mol. The van der Waals surface area contributed by atoms with Gasteiger partial charge in [-0.05, 0) is 23.5 Å². The number of methoxy groups -OCH3 is 1. The van der Waals surface area contributed by atoms with E-state index in [1.807, 2.05) is 12.1 Å². The van der Waals surface area contributed by atoms with E-state index in [1.165, 1.54) is 0 Å². The van der Waals surface area contributed by atoms with Crippen molar-refractivity contribution in [3.63, 3.8) is 0 Å². The van der Waals surface area contributed by atoms with Crippen molar-refractivity contribution in [3.05, 3.63) is 29.3 Å². The number of hydrogen-bond acceptors (Lipinski definition) is 3. The van der Waals surface area contributed by atoms with Crippen LogP contribution in [0.25, 0.3) is 0 Å². The molecule has 0 fully saturated rings. The fraction of sp³-hybridized carbons (Fsp3) is 0.571. The molecule has 0 aliphatic heterocycles. The summed E-state index contributed by atoms with van der Waals surface area (Å²) in [6.45, 7) is 6.88. The molecule has 0 saturated carbocycles. The van der Waals surface area contributed by atoms with Crippen LogP contribution < -0.4 is 5.73 Å². The summed E-state index contributed by atoms with van der Waals surface area (Å²) >= 11 is 0. The molecule has 1 atom stereocenters. The van der Waals surface area contributed by atoms with E-state index in [9.17, 15) is 5.11 Å². The lowest BCUT2D eigenvalue weighted by molar-refractivity contribution is 0.202. The number of phenols is 1. The van der Waals surface area contributed by atoms with E-state index in [0.717, 1.165) is 17.5 Å². The summed E-state index contributed by atoms with van der Waals surface area (Å²) in [7, 11) is 1.68. The van der Waals surface area contributed by atoms with Gasteiger partial charge in [0.1, 0.15) is 5.75 Å². The first-order chi connectivity index (χ1) is 7.86. The van der Waals surface area contributed by atoms with Crippen LogP contribution in [0.4, 0.5) is 0 Å². The summed E-state index contributed by atoms with van der Waals surface area (Å²) in [6.07, 6.45) is 0.834. The highest BCUT2D eigenvalue weighted by Crippen LogP contribution is 2.35. The molecule has 0 radical (unpaired) electrons. The highest BCUT2D eigenvalue weighted by Gasteiger charge is 2.24. The van der Waals surface area contributed by atoms with Gasteiger partial charge in [0, 0.05) is 18.7 Å². The second-order valence-electron chi connectivity index (χ2n) is 5.48. The number of hydrogen-bond donors (Lipinski definition) is 2. The van der Waals surface area contributed by atoms with Crippen molar-refractivity contribution >= 4 is 0 Å². The Labute approximate surface area is 104 Å². The molecule has 0 bridgehead atoms. The minimum absolute atomic E-state index is 0.0721. The summed E-state index contributed by atoms with van der Waals surface area (Å²) in [4.78, 5) is 0. The van der Waals surface area contributed by atoms with Gasteiger partial charge in [0.25, 0.3) is 0 Å². The minimum Gasteiger partial charge on any atom is -0.508 e.